The number of amides is 1. The van der Waals surface area contributed by atoms with Crippen LogP contribution in [0, 0.1) is 0 Å². The molecule has 7 heteroatoms. The molecule has 0 spiro atoms. The van der Waals surface area contributed by atoms with E-state index in [4.69, 9.17) is 0 Å². The standard InChI is InChI=1S/C14H24N6O/c1-3-11-9-18(2)5-4-6-19(11)14(21)13-10-20(17-16-13)12-7-15-8-12/h10-12,15H,3-9H2,1-2H3. The van der Waals surface area contributed by atoms with Gasteiger partial charge in [0.15, 0.2) is 5.69 Å². The van der Waals surface area contributed by atoms with Crippen molar-refractivity contribution >= 4 is 5.91 Å². The minimum atomic E-state index is 0.0238. The van der Waals surface area contributed by atoms with Gasteiger partial charge in [0.25, 0.3) is 5.91 Å². The Hall–Kier alpha value is -1.47. The maximum Gasteiger partial charge on any atom is 0.276 e. The molecule has 0 aliphatic carbocycles. The molecule has 1 unspecified atom stereocenters. The third kappa shape index (κ3) is 2.94. The molecule has 1 atom stereocenters. The summed E-state index contributed by atoms with van der Waals surface area (Å²) in [5.74, 6) is 0.0238. The largest absolute Gasteiger partial charge is 0.333 e. The number of hydrogen-bond donors (Lipinski definition) is 1. The molecule has 2 fully saturated rings. The highest BCUT2D eigenvalue weighted by Gasteiger charge is 2.29. The summed E-state index contributed by atoms with van der Waals surface area (Å²) >= 11 is 0. The minimum absolute atomic E-state index is 0.0238. The summed E-state index contributed by atoms with van der Waals surface area (Å²) < 4.78 is 1.81. The number of carbonyl (C=O) groups excluding carboxylic acids is 1. The van der Waals surface area contributed by atoms with Crippen molar-refractivity contribution in [3.63, 3.8) is 0 Å². The maximum atomic E-state index is 12.7. The van der Waals surface area contributed by atoms with Crippen LogP contribution in [0.2, 0.25) is 0 Å². The molecule has 2 aliphatic rings. The molecule has 0 aromatic carbocycles. The maximum absolute atomic E-state index is 12.7. The molecule has 1 aromatic heterocycles. The summed E-state index contributed by atoms with van der Waals surface area (Å²) in [6.45, 7) is 6.73. The molecule has 0 saturated carbocycles. The Bertz CT molecular complexity index is 497. The molecule has 1 amide bonds. The number of hydrogen-bond acceptors (Lipinski definition) is 5. The fourth-order valence-electron chi connectivity index (χ4n) is 3.02. The highest BCUT2D eigenvalue weighted by atomic mass is 16.2. The molecule has 3 rings (SSSR count). The van der Waals surface area contributed by atoms with E-state index in [-0.39, 0.29) is 11.9 Å². The van der Waals surface area contributed by atoms with Crippen molar-refractivity contribution in [2.75, 3.05) is 39.8 Å². The first-order valence-electron chi connectivity index (χ1n) is 7.81. The van der Waals surface area contributed by atoms with Crippen molar-refractivity contribution in [3.05, 3.63) is 11.9 Å². The van der Waals surface area contributed by atoms with Crippen LogP contribution in [0.4, 0.5) is 0 Å². The van der Waals surface area contributed by atoms with Crippen molar-refractivity contribution in [2.24, 2.45) is 0 Å². The van der Waals surface area contributed by atoms with Crippen LogP contribution < -0.4 is 5.32 Å². The molecule has 7 nitrogen and oxygen atoms in total. The quantitative estimate of drug-likeness (QED) is 0.848. The molecule has 0 radical (unpaired) electrons. The second-order valence-electron chi connectivity index (χ2n) is 6.07. The third-order valence-electron chi connectivity index (χ3n) is 4.50. The third-order valence-corrected chi connectivity index (χ3v) is 4.50. The second kappa shape index (κ2) is 6.11. The van der Waals surface area contributed by atoms with Crippen LogP contribution in [0.5, 0.6) is 0 Å². The van der Waals surface area contributed by atoms with Crippen LogP contribution in [0.15, 0.2) is 6.20 Å². The van der Waals surface area contributed by atoms with Crippen LogP contribution in [0.25, 0.3) is 0 Å². The Kier molecular flexibility index (Phi) is 4.21. The predicted octanol–water partition coefficient (Wildman–Crippen LogP) is -0.0213. The first kappa shape index (κ1) is 14.5. The van der Waals surface area contributed by atoms with Gasteiger partial charge in [0.1, 0.15) is 0 Å². The number of nitrogens with one attached hydrogen (secondary N) is 1. The van der Waals surface area contributed by atoms with Crippen molar-refractivity contribution in [1.29, 1.82) is 0 Å². The van der Waals surface area contributed by atoms with E-state index in [2.05, 4.69) is 34.5 Å². The zero-order valence-electron chi connectivity index (χ0n) is 12.8. The van der Waals surface area contributed by atoms with Crippen molar-refractivity contribution < 1.29 is 4.79 Å². The Morgan fingerprint density at radius 3 is 2.90 bits per heavy atom. The van der Waals surface area contributed by atoms with Gasteiger partial charge in [-0.2, -0.15) is 0 Å². The smallest absolute Gasteiger partial charge is 0.276 e. The van der Waals surface area contributed by atoms with Gasteiger partial charge in [-0.05, 0) is 26.4 Å². The monoisotopic (exact) mass is 292 g/mol. The van der Waals surface area contributed by atoms with E-state index in [1.54, 1.807) is 6.20 Å². The molecule has 2 saturated heterocycles. The lowest BCUT2D eigenvalue weighted by Gasteiger charge is -2.29. The van der Waals surface area contributed by atoms with Crippen molar-refractivity contribution in [3.8, 4) is 0 Å². The Morgan fingerprint density at radius 2 is 2.24 bits per heavy atom. The SMILES string of the molecule is CCC1CN(C)CCCN1C(=O)c1cn(C2CNC2)nn1. The van der Waals surface area contributed by atoms with E-state index in [9.17, 15) is 4.79 Å². The van der Waals surface area contributed by atoms with Gasteiger partial charge in [-0.25, -0.2) is 4.68 Å². The molecule has 1 aromatic rings. The fraction of sp³-hybridized carbons (Fsp3) is 0.786. The van der Waals surface area contributed by atoms with Gasteiger partial charge in [0.05, 0.1) is 12.2 Å². The number of carbonyl (C=O) groups is 1. The van der Waals surface area contributed by atoms with Crippen molar-refractivity contribution in [2.45, 2.75) is 31.8 Å². The molecular weight excluding hydrogens is 268 g/mol. The molecule has 116 valence electrons. The number of likely N-dealkylation sites (N-methyl/N-ethyl adjacent to an activating group) is 1. The Balaban J connectivity index is 1.74. The van der Waals surface area contributed by atoms with E-state index in [1.807, 2.05) is 9.58 Å². The first-order valence-corrected chi connectivity index (χ1v) is 7.81. The molecule has 21 heavy (non-hydrogen) atoms. The molecule has 0 bridgehead atoms. The molecule has 3 heterocycles. The van der Waals surface area contributed by atoms with E-state index in [1.165, 1.54) is 0 Å². The molecule has 1 N–H and O–H groups in total. The van der Waals surface area contributed by atoms with Crippen molar-refractivity contribution in [1.82, 2.24) is 30.1 Å². The summed E-state index contributed by atoms with van der Waals surface area (Å²) in [6.07, 6.45) is 3.78. The predicted molar refractivity (Wildman–Crippen MR) is 79.2 cm³/mol. The Morgan fingerprint density at radius 1 is 1.43 bits per heavy atom. The van der Waals surface area contributed by atoms with Gasteiger partial charge in [-0.15, -0.1) is 5.10 Å². The van der Waals surface area contributed by atoms with E-state index < -0.39 is 0 Å². The lowest BCUT2D eigenvalue weighted by molar-refractivity contribution is 0.0669. The topological polar surface area (TPSA) is 66.3 Å². The second-order valence-corrected chi connectivity index (χ2v) is 6.07. The van der Waals surface area contributed by atoms with Gasteiger partial charge in [-0.1, -0.05) is 12.1 Å². The summed E-state index contributed by atoms with van der Waals surface area (Å²) in [5, 5.41) is 11.4. The van der Waals surface area contributed by atoms with Crippen LogP contribution in [-0.2, 0) is 0 Å². The van der Waals surface area contributed by atoms with Crippen LogP contribution >= 0.6 is 0 Å². The Labute approximate surface area is 125 Å². The highest BCUT2D eigenvalue weighted by Crippen LogP contribution is 2.16. The van der Waals surface area contributed by atoms with Crippen LogP contribution in [0.3, 0.4) is 0 Å². The lowest BCUT2D eigenvalue weighted by Crippen LogP contribution is -2.44. The van der Waals surface area contributed by atoms with Crippen LogP contribution in [-0.4, -0.2) is 76.5 Å². The summed E-state index contributed by atoms with van der Waals surface area (Å²) in [5.41, 5.74) is 0.477. The summed E-state index contributed by atoms with van der Waals surface area (Å²) in [7, 11) is 2.12. The minimum Gasteiger partial charge on any atom is -0.333 e. The summed E-state index contributed by atoms with van der Waals surface area (Å²) in [4.78, 5) is 17.0. The zero-order valence-corrected chi connectivity index (χ0v) is 12.8. The van der Waals surface area contributed by atoms with E-state index >= 15 is 0 Å². The number of nitrogens with zero attached hydrogens (tertiary/aromatic N) is 5. The lowest BCUT2D eigenvalue weighted by atomic mass is 10.1. The number of aromatic nitrogens is 3. The zero-order chi connectivity index (χ0) is 14.8. The van der Waals surface area contributed by atoms with Crippen LogP contribution in [0.1, 0.15) is 36.3 Å². The van der Waals surface area contributed by atoms with E-state index in [0.29, 0.717) is 11.7 Å². The van der Waals surface area contributed by atoms with Gasteiger partial charge in [-0.3, -0.25) is 4.79 Å². The first-order chi connectivity index (χ1) is 10.2. The number of rotatable bonds is 3. The van der Waals surface area contributed by atoms with Gasteiger partial charge in [0.2, 0.25) is 0 Å². The highest BCUT2D eigenvalue weighted by molar-refractivity contribution is 5.92. The van der Waals surface area contributed by atoms with E-state index in [0.717, 1.165) is 45.6 Å². The van der Waals surface area contributed by atoms with Gasteiger partial charge < -0.3 is 15.1 Å². The average Bonchev–Trinajstić information content (AvgIpc) is 2.79. The molecule has 2 aliphatic heterocycles. The van der Waals surface area contributed by atoms with Gasteiger partial charge >= 0.3 is 0 Å². The fourth-order valence-corrected chi connectivity index (χ4v) is 3.02. The summed E-state index contributed by atoms with van der Waals surface area (Å²) in [6, 6.07) is 0.608. The molecular formula is C14H24N6O. The normalized spacial score (nSPS) is 24.7. The average molecular weight is 292 g/mol. The van der Waals surface area contributed by atoms with Gasteiger partial charge in [0, 0.05) is 32.2 Å².